The van der Waals surface area contributed by atoms with Crippen molar-refractivity contribution in [3.05, 3.63) is 34.2 Å². The number of anilines is 2. The molecule has 0 spiro atoms. The van der Waals surface area contributed by atoms with Crippen LogP contribution in [-0.4, -0.2) is 31.3 Å². The standard InChI is InChI=1S/C13H14FN3O2/c14-9-5-8(17-1-3-19-4-2-17)6-10-13(9)11(18)7-12(15)16-10/h5-7H,1-4H2,(H3,15,16,18). The molecule has 0 unspecified atom stereocenters. The van der Waals surface area contributed by atoms with Crippen LogP contribution in [0, 0.1) is 5.82 Å². The molecule has 0 atom stereocenters. The summed E-state index contributed by atoms with van der Waals surface area (Å²) in [6.45, 7) is 2.65. The maximum atomic E-state index is 14.1. The zero-order valence-electron chi connectivity index (χ0n) is 10.3. The Balaban J connectivity index is 2.15. The predicted molar refractivity (Wildman–Crippen MR) is 72.0 cm³/mol. The molecule has 2 aromatic rings. The Hall–Kier alpha value is -2.08. The normalized spacial score (nSPS) is 15.9. The summed E-state index contributed by atoms with van der Waals surface area (Å²) in [5.74, 6) is -0.295. The predicted octanol–water partition coefficient (Wildman–Crippen LogP) is 1.09. The van der Waals surface area contributed by atoms with E-state index in [1.54, 1.807) is 6.07 Å². The number of rotatable bonds is 1. The molecule has 100 valence electrons. The van der Waals surface area contributed by atoms with E-state index in [0.717, 1.165) is 5.69 Å². The molecule has 1 aromatic heterocycles. The van der Waals surface area contributed by atoms with E-state index in [1.807, 2.05) is 4.90 Å². The molecular formula is C13H14FN3O2. The van der Waals surface area contributed by atoms with E-state index in [-0.39, 0.29) is 11.2 Å². The van der Waals surface area contributed by atoms with Gasteiger partial charge in [0.05, 0.1) is 24.1 Å². The number of pyridine rings is 1. The zero-order valence-corrected chi connectivity index (χ0v) is 10.3. The molecule has 5 nitrogen and oxygen atoms in total. The second-order valence-corrected chi connectivity index (χ2v) is 4.54. The van der Waals surface area contributed by atoms with Gasteiger partial charge in [-0.05, 0) is 12.1 Å². The lowest BCUT2D eigenvalue weighted by molar-refractivity contribution is 0.122. The van der Waals surface area contributed by atoms with Gasteiger partial charge in [-0.3, -0.25) is 4.79 Å². The number of hydrogen-bond donors (Lipinski definition) is 2. The van der Waals surface area contributed by atoms with Crippen LogP contribution in [0.4, 0.5) is 15.9 Å². The number of benzene rings is 1. The van der Waals surface area contributed by atoms with E-state index in [2.05, 4.69) is 4.98 Å². The molecule has 0 aliphatic carbocycles. The lowest BCUT2D eigenvalue weighted by atomic mass is 10.1. The number of nitrogens with two attached hydrogens (primary N) is 1. The number of H-pyrrole nitrogens is 1. The fourth-order valence-electron chi connectivity index (χ4n) is 2.35. The van der Waals surface area contributed by atoms with Crippen molar-refractivity contribution in [2.24, 2.45) is 0 Å². The van der Waals surface area contributed by atoms with Gasteiger partial charge in [0, 0.05) is 24.8 Å². The summed E-state index contributed by atoms with van der Waals surface area (Å²) in [5.41, 5.74) is 6.34. The molecule has 1 saturated heterocycles. The summed E-state index contributed by atoms with van der Waals surface area (Å²) in [7, 11) is 0. The molecule has 1 aromatic carbocycles. The van der Waals surface area contributed by atoms with Crippen LogP contribution in [0.1, 0.15) is 0 Å². The van der Waals surface area contributed by atoms with Gasteiger partial charge in [-0.25, -0.2) is 4.39 Å². The number of aromatic nitrogens is 1. The molecule has 1 aliphatic rings. The quantitative estimate of drug-likeness (QED) is 0.807. The topological polar surface area (TPSA) is 71.3 Å². The minimum Gasteiger partial charge on any atom is -0.385 e. The SMILES string of the molecule is Nc1cc(=O)c2c(F)cc(N3CCOCC3)cc2[nH]1. The number of fused-ring (bicyclic) bond motifs is 1. The summed E-state index contributed by atoms with van der Waals surface area (Å²) < 4.78 is 19.3. The molecule has 2 heterocycles. The first-order valence-electron chi connectivity index (χ1n) is 6.10. The summed E-state index contributed by atoms with van der Waals surface area (Å²) >= 11 is 0. The molecule has 0 bridgehead atoms. The Kier molecular flexibility index (Phi) is 2.87. The zero-order chi connectivity index (χ0) is 13.4. The highest BCUT2D eigenvalue weighted by Gasteiger charge is 2.15. The number of aromatic amines is 1. The van der Waals surface area contributed by atoms with E-state index in [4.69, 9.17) is 10.5 Å². The van der Waals surface area contributed by atoms with Crippen LogP contribution in [0.25, 0.3) is 10.9 Å². The average molecular weight is 263 g/mol. The molecule has 0 saturated carbocycles. The van der Waals surface area contributed by atoms with Gasteiger partial charge in [-0.15, -0.1) is 0 Å². The third-order valence-corrected chi connectivity index (χ3v) is 3.26. The van der Waals surface area contributed by atoms with Crippen molar-refractivity contribution in [1.29, 1.82) is 0 Å². The Labute approximate surface area is 108 Å². The number of halogens is 1. The van der Waals surface area contributed by atoms with Crippen LogP contribution in [0.3, 0.4) is 0 Å². The lowest BCUT2D eigenvalue weighted by Gasteiger charge is -2.29. The van der Waals surface area contributed by atoms with Crippen molar-refractivity contribution in [2.75, 3.05) is 36.9 Å². The van der Waals surface area contributed by atoms with E-state index in [1.165, 1.54) is 12.1 Å². The number of nitrogen functional groups attached to an aromatic ring is 1. The first kappa shape index (κ1) is 12.0. The highest BCUT2D eigenvalue weighted by Crippen LogP contribution is 2.23. The summed E-state index contributed by atoms with van der Waals surface area (Å²) in [6, 6.07) is 4.33. The average Bonchev–Trinajstić information content (AvgIpc) is 2.38. The van der Waals surface area contributed by atoms with Crippen LogP contribution < -0.4 is 16.1 Å². The van der Waals surface area contributed by atoms with E-state index >= 15 is 0 Å². The van der Waals surface area contributed by atoms with E-state index in [0.29, 0.717) is 31.8 Å². The van der Waals surface area contributed by atoms with Crippen molar-refractivity contribution in [3.8, 4) is 0 Å². The molecule has 3 N–H and O–H groups in total. The van der Waals surface area contributed by atoms with E-state index in [9.17, 15) is 9.18 Å². The van der Waals surface area contributed by atoms with Crippen LogP contribution in [-0.2, 0) is 4.74 Å². The largest absolute Gasteiger partial charge is 0.385 e. The number of ether oxygens (including phenoxy) is 1. The van der Waals surface area contributed by atoms with Crippen LogP contribution >= 0.6 is 0 Å². The van der Waals surface area contributed by atoms with Gasteiger partial charge in [0.2, 0.25) is 0 Å². The maximum Gasteiger partial charge on any atom is 0.194 e. The van der Waals surface area contributed by atoms with Crippen LogP contribution in [0.2, 0.25) is 0 Å². The lowest BCUT2D eigenvalue weighted by Crippen LogP contribution is -2.36. The summed E-state index contributed by atoms with van der Waals surface area (Å²) in [6.07, 6.45) is 0. The third kappa shape index (κ3) is 2.15. The van der Waals surface area contributed by atoms with Gasteiger partial charge < -0.3 is 20.4 Å². The third-order valence-electron chi connectivity index (χ3n) is 3.26. The van der Waals surface area contributed by atoms with Crippen molar-refractivity contribution < 1.29 is 9.13 Å². The van der Waals surface area contributed by atoms with Crippen LogP contribution in [0.15, 0.2) is 23.0 Å². The van der Waals surface area contributed by atoms with Gasteiger partial charge in [-0.1, -0.05) is 0 Å². The number of nitrogens with one attached hydrogen (secondary N) is 1. The molecule has 3 rings (SSSR count). The fourth-order valence-corrected chi connectivity index (χ4v) is 2.35. The smallest absolute Gasteiger partial charge is 0.194 e. The molecule has 19 heavy (non-hydrogen) atoms. The van der Waals surface area contributed by atoms with Gasteiger partial charge in [0.15, 0.2) is 5.43 Å². The molecular weight excluding hydrogens is 249 g/mol. The van der Waals surface area contributed by atoms with Crippen LogP contribution in [0.5, 0.6) is 0 Å². The second-order valence-electron chi connectivity index (χ2n) is 4.54. The summed E-state index contributed by atoms with van der Waals surface area (Å²) in [4.78, 5) is 16.6. The molecule has 0 radical (unpaired) electrons. The van der Waals surface area contributed by atoms with Gasteiger partial charge in [0.25, 0.3) is 0 Å². The number of nitrogens with zero attached hydrogens (tertiary/aromatic N) is 1. The summed E-state index contributed by atoms with van der Waals surface area (Å²) in [5, 5.41) is 0.0474. The molecule has 6 heteroatoms. The van der Waals surface area contributed by atoms with Gasteiger partial charge in [-0.2, -0.15) is 0 Å². The fraction of sp³-hybridized carbons (Fsp3) is 0.308. The van der Waals surface area contributed by atoms with Crippen molar-refractivity contribution in [2.45, 2.75) is 0 Å². The molecule has 0 amide bonds. The Morgan fingerprint density at radius 2 is 2.00 bits per heavy atom. The highest BCUT2D eigenvalue weighted by atomic mass is 19.1. The van der Waals surface area contributed by atoms with Crippen molar-refractivity contribution in [3.63, 3.8) is 0 Å². The Morgan fingerprint density at radius 3 is 2.74 bits per heavy atom. The molecule has 1 aliphatic heterocycles. The highest BCUT2D eigenvalue weighted by molar-refractivity contribution is 5.84. The minimum atomic E-state index is -0.528. The first-order valence-corrected chi connectivity index (χ1v) is 6.10. The number of morpholine rings is 1. The maximum absolute atomic E-state index is 14.1. The van der Waals surface area contributed by atoms with Gasteiger partial charge >= 0.3 is 0 Å². The van der Waals surface area contributed by atoms with E-state index < -0.39 is 11.2 Å². The monoisotopic (exact) mass is 263 g/mol. The first-order chi connectivity index (χ1) is 9.15. The Morgan fingerprint density at radius 1 is 1.26 bits per heavy atom. The van der Waals surface area contributed by atoms with Gasteiger partial charge in [0.1, 0.15) is 11.6 Å². The Bertz CT molecular complexity index is 677. The molecule has 1 fully saturated rings. The van der Waals surface area contributed by atoms with Crippen molar-refractivity contribution in [1.82, 2.24) is 4.98 Å². The minimum absolute atomic E-state index is 0.0474. The second kappa shape index (κ2) is 4.55. The van der Waals surface area contributed by atoms with Crippen molar-refractivity contribution >= 4 is 22.4 Å². The number of hydrogen-bond acceptors (Lipinski definition) is 4.